The third-order valence-electron chi connectivity index (χ3n) is 7.15. The number of carbonyl (C=O) groups excluding carboxylic acids is 1. The van der Waals surface area contributed by atoms with Crippen molar-refractivity contribution in [2.45, 2.75) is 32.2 Å². The van der Waals surface area contributed by atoms with Crippen molar-refractivity contribution in [3.63, 3.8) is 0 Å². The number of hydrogen-bond acceptors (Lipinski definition) is 6. The lowest BCUT2D eigenvalue weighted by atomic mass is 9.72. The minimum absolute atomic E-state index is 0.144. The van der Waals surface area contributed by atoms with Gasteiger partial charge < -0.3 is 29.9 Å². The van der Waals surface area contributed by atoms with Crippen molar-refractivity contribution in [3.8, 4) is 0 Å². The Morgan fingerprint density at radius 1 is 1.10 bits per heavy atom. The van der Waals surface area contributed by atoms with Crippen LogP contribution in [0.2, 0.25) is 0 Å². The highest BCUT2D eigenvalue weighted by Crippen LogP contribution is 2.34. The number of para-hydroxylation sites is 1. The molecule has 0 bridgehead atoms. The average Bonchev–Trinajstić information content (AvgIpc) is 3.17. The molecule has 0 aliphatic carbocycles. The van der Waals surface area contributed by atoms with Crippen LogP contribution in [0.4, 0.5) is 0 Å². The molecule has 2 heterocycles. The average molecular weight is 433 g/mol. The molecule has 1 fully saturated rings. The molecule has 1 saturated heterocycles. The van der Waals surface area contributed by atoms with Gasteiger partial charge in [0, 0.05) is 60.2 Å². The zero-order chi connectivity index (χ0) is 22.4. The number of hydrogen-bond donors (Lipinski definition) is 4. The number of aromatic nitrogens is 1. The van der Waals surface area contributed by atoms with Gasteiger partial charge in [-0.15, -0.1) is 0 Å². The fraction of sp³-hybridized carbons (Fsp3) is 0.625. The van der Waals surface area contributed by atoms with Crippen molar-refractivity contribution in [2.24, 2.45) is 17.3 Å². The largest absolute Gasteiger partial charge is 0.396 e. The summed E-state index contributed by atoms with van der Waals surface area (Å²) < 4.78 is 2.13. The molecule has 0 radical (unpaired) electrons. The van der Waals surface area contributed by atoms with Crippen LogP contribution in [0.3, 0.4) is 0 Å². The fourth-order valence-corrected chi connectivity index (χ4v) is 4.75. The molecule has 0 atom stereocenters. The van der Waals surface area contributed by atoms with Gasteiger partial charge in [-0.05, 0) is 51.4 Å². The second kappa shape index (κ2) is 10.7. The smallest absolute Gasteiger partial charge is 0.165 e. The first kappa shape index (κ1) is 23.9. The lowest BCUT2D eigenvalue weighted by molar-refractivity contribution is -0.0404. The summed E-state index contributed by atoms with van der Waals surface area (Å²) >= 11 is 0. The van der Waals surface area contributed by atoms with E-state index in [1.165, 1.54) is 12.8 Å². The first-order valence-electron chi connectivity index (χ1n) is 11.2. The van der Waals surface area contributed by atoms with Crippen molar-refractivity contribution in [1.82, 2.24) is 9.47 Å². The Hall–Kier alpha value is -1.77. The molecule has 7 heteroatoms. The monoisotopic (exact) mass is 432 g/mol. The van der Waals surface area contributed by atoms with Gasteiger partial charge in [-0.3, -0.25) is 4.79 Å². The lowest BCUT2D eigenvalue weighted by Gasteiger charge is -2.35. The number of carbonyl (C=O) groups is 1. The number of benzene rings is 1. The molecule has 0 unspecified atom stereocenters. The molecule has 1 aliphatic heterocycles. The zero-order valence-corrected chi connectivity index (χ0v) is 18.4. The minimum atomic E-state index is -1.27. The predicted molar refractivity (Wildman–Crippen MR) is 120 cm³/mol. The van der Waals surface area contributed by atoms with Crippen LogP contribution in [0.1, 0.15) is 36.0 Å². The van der Waals surface area contributed by atoms with E-state index in [2.05, 4.69) is 16.5 Å². The van der Waals surface area contributed by atoms with Crippen LogP contribution >= 0.6 is 0 Å². The molecule has 4 N–H and O–H groups in total. The maximum atomic E-state index is 13.3. The number of piperidine rings is 1. The summed E-state index contributed by atoms with van der Waals surface area (Å²) in [6.45, 7) is 1.28. The Balaban J connectivity index is 1.82. The van der Waals surface area contributed by atoms with E-state index in [4.69, 9.17) is 0 Å². The third-order valence-corrected chi connectivity index (χ3v) is 7.15. The number of aryl methyl sites for hydroxylation is 1. The standard InChI is InChI=1S/C24H36N2O5/c1-25-9-6-18(7-10-25)8-11-26-13-21(20-4-2-3-5-22(20)26)23(31)12-24(16-29,17-30)19(14-27)15-28/h2-5,13,18-19,27-30H,6-12,14-17H2,1H3. The summed E-state index contributed by atoms with van der Waals surface area (Å²) in [6.07, 6.45) is 5.19. The van der Waals surface area contributed by atoms with Crippen molar-refractivity contribution in [2.75, 3.05) is 46.6 Å². The van der Waals surface area contributed by atoms with Gasteiger partial charge in [0.05, 0.1) is 13.2 Å². The molecule has 1 aromatic carbocycles. The van der Waals surface area contributed by atoms with Gasteiger partial charge in [-0.1, -0.05) is 18.2 Å². The van der Waals surface area contributed by atoms with E-state index < -0.39 is 37.8 Å². The lowest BCUT2D eigenvalue weighted by Crippen LogP contribution is -2.43. The molecule has 172 valence electrons. The Morgan fingerprint density at radius 3 is 2.35 bits per heavy atom. The van der Waals surface area contributed by atoms with Gasteiger partial charge in [-0.25, -0.2) is 0 Å². The first-order chi connectivity index (χ1) is 15.0. The SMILES string of the molecule is CN1CCC(CCn2cc(C(=O)CC(CO)(CO)C(CO)CO)c3ccccc32)CC1. The molecular formula is C24H36N2O5. The minimum Gasteiger partial charge on any atom is -0.396 e. The van der Waals surface area contributed by atoms with Crippen LogP contribution in [-0.4, -0.2) is 82.2 Å². The van der Waals surface area contributed by atoms with E-state index in [1.54, 1.807) is 0 Å². The Kier molecular flexibility index (Phi) is 8.24. The highest BCUT2D eigenvalue weighted by Gasteiger charge is 2.40. The van der Waals surface area contributed by atoms with Gasteiger partial charge in [0.15, 0.2) is 5.78 Å². The van der Waals surface area contributed by atoms with Crippen molar-refractivity contribution < 1.29 is 25.2 Å². The van der Waals surface area contributed by atoms with E-state index in [-0.39, 0.29) is 12.2 Å². The molecule has 3 rings (SSSR count). The predicted octanol–water partition coefficient (Wildman–Crippen LogP) is 1.52. The highest BCUT2D eigenvalue weighted by atomic mass is 16.3. The normalized spacial score (nSPS) is 16.5. The Bertz CT molecular complexity index is 849. The second-order valence-corrected chi connectivity index (χ2v) is 9.13. The number of nitrogens with zero attached hydrogens (tertiary/aromatic N) is 2. The van der Waals surface area contributed by atoms with Crippen LogP contribution in [0.5, 0.6) is 0 Å². The maximum absolute atomic E-state index is 13.3. The quantitative estimate of drug-likeness (QED) is 0.401. The van der Waals surface area contributed by atoms with E-state index >= 15 is 0 Å². The summed E-state index contributed by atoms with van der Waals surface area (Å²) in [5.74, 6) is -0.295. The van der Waals surface area contributed by atoms with Gasteiger partial charge in [0.2, 0.25) is 0 Å². The fourth-order valence-electron chi connectivity index (χ4n) is 4.75. The number of aliphatic hydroxyl groups is 4. The molecule has 2 aromatic rings. The number of Topliss-reactive ketones (excluding diaryl/α,β-unsaturated/α-hetero) is 1. The number of aliphatic hydroxyl groups excluding tert-OH is 4. The Labute approximate surface area is 183 Å². The molecule has 7 nitrogen and oxygen atoms in total. The molecule has 31 heavy (non-hydrogen) atoms. The second-order valence-electron chi connectivity index (χ2n) is 9.13. The zero-order valence-electron chi connectivity index (χ0n) is 18.4. The number of fused-ring (bicyclic) bond motifs is 1. The summed E-state index contributed by atoms with van der Waals surface area (Å²) in [4.78, 5) is 15.6. The Morgan fingerprint density at radius 2 is 1.74 bits per heavy atom. The highest BCUT2D eigenvalue weighted by molar-refractivity contribution is 6.08. The summed E-state index contributed by atoms with van der Waals surface area (Å²) in [5, 5.41) is 39.9. The van der Waals surface area contributed by atoms with Gasteiger partial charge in [0.25, 0.3) is 0 Å². The van der Waals surface area contributed by atoms with Gasteiger partial charge in [-0.2, -0.15) is 0 Å². The van der Waals surface area contributed by atoms with Crippen LogP contribution in [0, 0.1) is 17.3 Å². The van der Waals surface area contributed by atoms with Crippen LogP contribution in [0.15, 0.2) is 30.5 Å². The van der Waals surface area contributed by atoms with E-state index in [1.807, 2.05) is 30.5 Å². The van der Waals surface area contributed by atoms with E-state index in [0.717, 1.165) is 37.0 Å². The molecular weight excluding hydrogens is 396 g/mol. The maximum Gasteiger partial charge on any atom is 0.165 e. The van der Waals surface area contributed by atoms with Crippen LogP contribution in [-0.2, 0) is 6.54 Å². The molecule has 1 aliphatic rings. The van der Waals surface area contributed by atoms with Crippen molar-refractivity contribution in [3.05, 3.63) is 36.0 Å². The third kappa shape index (κ3) is 5.18. The van der Waals surface area contributed by atoms with Gasteiger partial charge in [0.1, 0.15) is 0 Å². The van der Waals surface area contributed by atoms with E-state index in [9.17, 15) is 25.2 Å². The van der Waals surface area contributed by atoms with Crippen LogP contribution < -0.4 is 0 Å². The van der Waals surface area contributed by atoms with Crippen molar-refractivity contribution in [1.29, 1.82) is 0 Å². The summed E-state index contributed by atoms with van der Waals surface area (Å²) in [5.41, 5.74) is 0.288. The van der Waals surface area contributed by atoms with Crippen LogP contribution in [0.25, 0.3) is 10.9 Å². The molecule has 0 spiro atoms. The van der Waals surface area contributed by atoms with Gasteiger partial charge >= 0.3 is 0 Å². The molecule has 0 saturated carbocycles. The summed E-state index contributed by atoms with van der Waals surface area (Å²) in [7, 11) is 2.16. The number of ketones is 1. The molecule has 0 amide bonds. The van der Waals surface area contributed by atoms with E-state index in [0.29, 0.717) is 11.5 Å². The number of likely N-dealkylation sites (tertiary alicyclic amines) is 1. The van der Waals surface area contributed by atoms with Crippen molar-refractivity contribution >= 4 is 16.7 Å². The number of rotatable bonds is 11. The first-order valence-corrected chi connectivity index (χ1v) is 11.2. The topological polar surface area (TPSA) is 106 Å². The molecule has 1 aromatic heterocycles. The summed E-state index contributed by atoms with van der Waals surface area (Å²) in [6, 6.07) is 7.79.